The maximum atomic E-state index is 11.4. The summed E-state index contributed by atoms with van der Waals surface area (Å²) in [6.07, 6.45) is 3.64. The third kappa shape index (κ3) is 2.45. The highest BCUT2D eigenvalue weighted by Gasteiger charge is 2.15. The zero-order valence-electron chi connectivity index (χ0n) is 10.4. The molecule has 6 nitrogen and oxygen atoms in total. The fourth-order valence-corrected chi connectivity index (χ4v) is 1.97. The van der Waals surface area contributed by atoms with Gasteiger partial charge in [0.05, 0.1) is 17.6 Å². The van der Waals surface area contributed by atoms with E-state index in [-0.39, 0.29) is 18.3 Å². The van der Waals surface area contributed by atoms with Gasteiger partial charge in [-0.3, -0.25) is 4.79 Å². The predicted molar refractivity (Wildman–Crippen MR) is 72.5 cm³/mol. The molecule has 0 unspecified atom stereocenters. The lowest BCUT2D eigenvalue weighted by Gasteiger charge is -2.03. The number of amides is 1. The Bertz CT molecular complexity index is 571. The molecule has 1 amide bonds. The Balaban J connectivity index is 0.00000133. The molecular weight excluding hydrogens is 266 g/mol. The van der Waals surface area contributed by atoms with Crippen molar-refractivity contribution >= 4 is 18.3 Å². The van der Waals surface area contributed by atoms with Gasteiger partial charge < -0.3 is 10.6 Å². The molecule has 3 rings (SSSR count). The summed E-state index contributed by atoms with van der Waals surface area (Å²) in [4.78, 5) is 15.5. The van der Waals surface area contributed by atoms with Crippen LogP contribution >= 0.6 is 12.4 Å². The van der Waals surface area contributed by atoms with E-state index < -0.39 is 0 Å². The number of fused-ring (bicyclic) bond motifs is 1. The molecule has 1 aliphatic heterocycles. The Kier molecular flexibility index (Phi) is 3.82. The van der Waals surface area contributed by atoms with Gasteiger partial charge in [-0.15, -0.1) is 12.4 Å². The second-order valence-electron chi connectivity index (χ2n) is 4.13. The normalized spacial score (nSPS) is 12.7. The average Bonchev–Trinajstić information content (AvgIpc) is 2.99. The monoisotopic (exact) mass is 279 g/mol. The molecule has 19 heavy (non-hydrogen) atoms. The maximum absolute atomic E-state index is 11.4. The molecule has 1 aliphatic rings. The van der Waals surface area contributed by atoms with E-state index in [0.29, 0.717) is 5.69 Å². The van der Waals surface area contributed by atoms with Gasteiger partial charge in [0, 0.05) is 31.9 Å². The molecule has 3 heterocycles. The van der Waals surface area contributed by atoms with Gasteiger partial charge in [-0.2, -0.15) is 5.10 Å². The minimum absolute atomic E-state index is 0. The first-order valence-electron chi connectivity index (χ1n) is 5.74. The van der Waals surface area contributed by atoms with Crippen LogP contribution in [0.5, 0.6) is 0 Å². The van der Waals surface area contributed by atoms with E-state index >= 15 is 0 Å². The summed E-state index contributed by atoms with van der Waals surface area (Å²) in [7, 11) is 1.59. The Morgan fingerprint density at radius 1 is 1.42 bits per heavy atom. The van der Waals surface area contributed by atoms with Crippen LogP contribution < -0.4 is 10.6 Å². The van der Waals surface area contributed by atoms with Crippen molar-refractivity contribution in [1.82, 2.24) is 25.4 Å². The number of nitrogens with zero attached hydrogens (tertiary/aromatic N) is 3. The summed E-state index contributed by atoms with van der Waals surface area (Å²) in [6.45, 7) is 1.67. The van der Waals surface area contributed by atoms with Gasteiger partial charge in [0.15, 0.2) is 0 Å². The zero-order chi connectivity index (χ0) is 12.5. The van der Waals surface area contributed by atoms with Crippen LogP contribution in [0.25, 0.3) is 5.69 Å². The van der Waals surface area contributed by atoms with Crippen LogP contribution in [-0.2, 0) is 13.1 Å². The van der Waals surface area contributed by atoms with Crippen molar-refractivity contribution in [2.45, 2.75) is 13.1 Å². The molecule has 100 valence electrons. The average molecular weight is 280 g/mol. The molecule has 0 saturated heterocycles. The highest BCUT2D eigenvalue weighted by Crippen LogP contribution is 2.16. The lowest BCUT2D eigenvalue weighted by Crippen LogP contribution is -2.19. The number of aromatic nitrogens is 3. The maximum Gasteiger partial charge on any atom is 0.269 e. The smallest absolute Gasteiger partial charge is 0.269 e. The molecule has 2 N–H and O–H groups in total. The molecule has 2 aromatic rings. The summed E-state index contributed by atoms with van der Waals surface area (Å²) in [5.41, 5.74) is 3.55. The number of pyridine rings is 1. The number of rotatable bonds is 2. The highest BCUT2D eigenvalue weighted by atomic mass is 35.5. The molecule has 0 radical (unpaired) electrons. The van der Waals surface area contributed by atoms with E-state index in [1.807, 2.05) is 12.3 Å². The number of hydrogen-bond donors (Lipinski definition) is 2. The van der Waals surface area contributed by atoms with Gasteiger partial charge in [0.1, 0.15) is 5.69 Å². The van der Waals surface area contributed by atoms with Crippen molar-refractivity contribution in [3.8, 4) is 5.69 Å². The molecule has 0 fully saturated rings. The third-order valence-corrected chi connectivity index (χ3v) is 2.96. The van der Waals surface area contributed by atoms with Gasteiger partial charge >= 0.3 is 0 Å². The number of carbonyl (C=O) groups is 1. The van der Waals surface area contributed by atoms with Crippen LogP contribution in [0, 0.1) is 0 Å². The van der Waals surface area contributed by atoms with Gasteiger partial charge in [-0.25, -0.2) is 9.67 Å². The van der Waals surface area contributed by atoms with Crippen LogP contribution in [0.15, 0.2) is 24.5 Å². The van der Waals surface area contributed by atoms with Crippen LogP contribution in [0.4, 0.5) is 0 Å². The first-order chi connectivity index (χ1) is 8.78. The number of carbonyl (C=O) groups excluding carboxylic acids is 1. The third-order valence-electron chi connectivity index (χ3n) is 2.96. The molecular formula is C12H14ClN5O. The summed E-state index contributed by atoms with van der Waals surface area (Å²) < 4.78 is 1.80. The second-order valence-corrected chi connectivity index (χ2v) is 4.13. The molecule has 0 spiro atoms. The van der Waals surface area contributed by atoms with Crippen LogP contribution in [0.3, 0.4) is 0 Å². The number of hydrogen-bond acceptors (Lipinski definition) is 4. The molecule has 0 aromatic carbocycles. The van der Waals surface area contributed by atoms with E-state index in [0.717, 1.165) is 24.5 Å². The zero-order valence-corrected chi connectivity index (χ0v) is 11.2. The van der Waals surface area contributed by atoms with Crippen molar-refractivity contribution in [3.63, 3.8) is 0 Å². The van der Waals surface area contributed by atoms with E-state index in [9.17, 15) is 4.79 Å². The Morgan fingerprint density at radius 2 is 2.26 bits per heavy atom. The Morgan fingerprint density at radius 3 is 2.89 bits per heavy atom. The highest BCUT2D eigenvalue weighted by molar-refractivity contribution is 5.92. The molecule has 0 atom stereocenters. The first-order valence-corrected chi connectivity index (χ1v) is 5.74. The molecule has 2 aromatic heterocycles. The van der Waals surface area contributed by atoms with E-state index in [2.05, 4.69) is 20.7 Å². The lowest BCUT2D eigenvalue weighted by atomic mass is 10.3. The fraction of sp³-hybridized carbons (Fsp3) is 0.250. The summed E-state index contributed by atoms with van der Waals surface area (Å²) in [5, 5.41) is 10.2. The Hall–Kier alpha value is -1.92. The van der Waals surface area contributed by atoms with Crippen molar-refractivity contribution in [1.29, 1.82) is 0 Å². The van der Waals surface area contributed by atoms with E-state index in [1.165, 1.54) is 5.56 Å². The quantitative estimate of drug-likeness (QED) is 0.847. The largest absolute Gasteiger partial charge is 0.354 e. The summed E-state index contributed by atoms with van der Waals surface area (Å²) >= 11 is 0. The summed E-state index contributed by atoms with van der Waals surface area (Å²) in [6, 6.07) is 3.53. The predicted octanol–water partition coefficient (Wildman–Crippen LogP) is 0.652. The van der Waals surface area contributed by atoms with Crippen LogP contribution in [0.2, 0.25) is 0 Å². The fourth-order valence-electron chi connectivity index (χ4n) is 1.97. The van der Waals surface area contributed by atoms with Crippen molar-refractivity contribution in [3.05, 3.63) is 41.5 Å². The number of nitrogens with one attached hydrogen (secondary N) is 2. The Labute approximate surface area is 116 Å². The van der Waals surface area contributed by atoms with Crippen LogP contribution in [0.1, 0.15) is 21.7 Å². The van der Waals surface area contributed by atoms with E-state index in [1.54, 1.807) is 24.0 Å². The molecule has 7 heteroatoms. The van der Waals surface area contributed by atoms with E-state index in [4.69, 9.17) is 0 Å². The van der Waals surface area contributed by atoms with Gasteiger partial charge in [-0.1, -0.05) is 0 Å². The number of halogens is 1. The van der Waals surface area contributed by atoms with Crippen molar-refractivity contribution in [2.24, 2.45) is 0 Å². The standard InChI is InChI=1S/C12H13N5O.ClH/c1-13-12(18)10-3-2-9(5-15-10)17-7-8-4-14-6-11(8)16-17;/h2-3,5,7,14H,4,6H2,1H3,(H,13,18);1H. The van der Waals surface area contributed by atoms with Gasteiger partial charge in [-0.05, 0) is 12.1 Å². The first kappa shape index (κ1) is 13.5. The molecule has 0 saturated carbocycles. The van der Waals surface area contributed by atoms with Crippen molar-refractivity contribution < 1.29 is 4.79 Å². The minimum atomic E-state index is -0.186. The molecule has 0 bridgehead atoms. The summed E-state index contributed by atoms with van der Waals surface area (Å²) in [5.74, 6) is -0.186. The van der Waals surface area contributed by atoms with Crippen molar-refractivity contribution in [2.75, 3.05) is 7.05 Å². The van der Waals surface area contributed by atoms with Crippen LogP contribution in [-0.4, -0.2) is 27.7 Å². The SMILES string of the molecule is CNC(=O)c1ccc(-n2cc3c(n2)CNC3)cn1.Cl. The topological polar surface area (TPSA) is 71.8 Å². The van der Waals surface area contributed by atoms with Gasteiger partial charge in [0.25, 0.3) is 5.91 Å². The molecule has 0 aliphatic carbocycles. The minimum Gasteiger partial charge on any atom is -0.354 e. The second kappa shape index (κ2) is 5.38. The van der Waals surface area contributed by atoms with Gasteiger partial charge in [0.2, 0.25) is 0 Å². The lowest BCUT2D eigenvalue weighted by molar-refractivity contribution is 0.0958.